The smallest absolute Gasteiger partial charge is 0.0346 e. The molecule has 204 valence electrons. The van der Waals surface area contributed by atoms with Crippen LogP contribution in [-0.2, 0) is 18.3 Å². The number of nitrogens with zero attached hydrogens (tertiary/aromatic N) is 1. The third-order valence-electron chi connectivity index (χ3n) is 8.84. The lowest BCUT2D eigenvalue weighted by Gasteiger charge is -2.22. The molecule has 0 unspecified atom stereocenters. The van der Waals surface area contributed by atoms with Crippen LogP contribution < -0.4 is 0 Å². The summed E-state index contributed by atoms with van der Waals surface area (Å²) < 4.78 is 0. The van der Waals surface area contributed by atoms with Crippen molar-refractivity contribution >= 4 is 0 Å². The van der Waals surface area contributed by atoms with Crippen molar-refractivity contribution in [1.29, 1.82) is 0 Å². The van der Waals surface area contributed by atoms with Crippen LogP contribution in [0.15, 0.2) is 134 Å². The number of fused-ring (bicyclic) bond motifs is 3. The number of hydrogen-bond donors (Lipinski definition) is 0. The van der Waals surface area contributed by atoms with Crippen LogP contribution >= 0.6 is 0 Å². The number of benzene rings is 5. The van der Waals surface area contributed by atoms with Crippen LogP contribution in [0.3, 0.4) is 0 Å². The topological polar surface area (TPSA) is 12.9 Å². The van der Waals surface area contributed by atoms with E-state index in [1.165, 1.54) is 66.8 Å². The molecule has 7 rings (SSSR count). The second-order valence-corrected chi connectivity index (χ2v) is 12.2. The Bertz CT molecular complexity index is 1910. The van der Waals surface area contributed by atoms with E-state index in [-0.39, 0.29) is 5.41 Å². The molecule has 6 aromatic rings. The van der Waals surface area contributed by atoms with E-state index in [2.05, 4.69) is 141 Å². The van der Waals surface area contributed by atoms with Crippen LogP contribution in [0.5, 0.6) is 0 Å². The summed E-state index contributed by atoms with van der Waals surface area (Å²) in [7, 11) is 0. The van der Waals surface area contributed by atoms with Crippen LogP contribution in [-0.4, -0.2) is 4.98 Å². The predicted octanol–water partition coefficient (Wildman–Crippen LogP) is 10.2. The van der Waals surface area contributed by atoms with Crippen molar-refractivity contribution in [3.8, 4) is 33.4 Å². The molecule has 1 heterocycles. The molecule has 0 fully saturated rings. The number of aryl methyl sites for hydroxylation is 1. The Balaban J connectivity index is 1.18. The third kappa shape index (κ3) is 4.86. The molecule has 0 aliphatic heterocycles. The van der Waals surface area contributed by atoms with Crippen molar-refractivity contribution in [2.75, 3.05) is 0 Å². The molecule has 0 bridgehead atoms. The zero-order valence-electron chi connectivity index (χ0n) is 24.6. The van der Waals surface area contributed by atoms with Gasteiger partial charge in [-0.1, -0.05) is 135 Å². The largest absolute Gasteiger partial charge is 0.264 e. The van der Waals surface area contributed by atoms with Crippen LogP contribution in [0.2, 0.25) is 0 Å². The van der Waals surface area contributed by atoms with Crippen molar-refractivity contribution in [1.82, 2.24) is 4.98 Å². The molecular weight excluding hydrogens is 506 g/mol. The molecule has 1 heteroatoms. The van der Waals surface area contributed by atoms with Crippen molar-refractivity contribution in [2.24, 2.45) is 0 Å². The summed E-state index contributed by atoms with van der Waals surface area (Å²) in [6.45, 7) is 6.89. The van der Waals surface area contributed by atoms with E-state index in [9.17, 15) is 0 Å². The van der Waals surface area contributed by atoms with Gasteiger partial charge in [0.2, 0.25) is 0 Å². The van der Waals surface area contributed by atoms with Crippen LogP contribution in [0.1, 0.15) is 52.8 Å². The average Bonchev–Trinajstić information content (AvgIpc) is 3.24. The number of hydrogen-bond acceptors (Lipinski definition) is 1. The number of rotatable bonds is 6. The zero-order chi connectivity index (χ0) is 28.7. The minimum atomic E-state index is 0.0163. The Morgan fingerprint density at radius 3 is 2.12 bits per heavy atom. The Labute approximate surface area is 249 Å². The van der Waals surface area contributed by atoms with Gasteiger partial charge in [-0.3, -0.25) is 4.98 Å². The molecule has 0 radical (unpaired) electrons. The molecule has 0 N–H and O–H groups in total. The van der Waals surface area contributed by atoms with E-state index in [0.29, 0.717) is 0 Å². The number of pyridine rings is 1. The molecule has 42 heavy (non-hydrogen) atoms. The maximum Gasteiger partial charge on any atom is 0.0346 e. The van der Waals surface area contributed by atoms with Gasteiger partial charge in [-0.05, 0) is 87.0 Å². The van der Waals surface area contributed by atoms with Gasteiger partial charge < -0.3 is 0 Å². The van der Waals surface area contributed by atoms with Crippen molar-refractivity contribution in [2.45, 2.75) is 39.0 Å². The second kappa shape index (κ2) is 10.6. The van der Waals surface area contributed by atoms with Gasteiger partial charge in [0.1, 0.15) is 0 Å². The highest BCUT2D eigenvalue weighted by Crippen LogP contribution is 2.48. The first-order valence-corrected chi connectivity index (χ1v) is 14.9. The monoisotopic (exact) mass is 541 g/mol. The van der Waals surface area contributed by atoms with E-state index in [1.807, 2.05) is 18.5 Å². The quantitative estimate of drug-likeness (QED) is 0.204. The summed E-state index contributed by atoms with van der Waals surface area (Å²) in [5, 5.41) is 0. The Morgan fingerprint density at radius 2 is 1.26 bits per heavy atom. The molecule has 0 atom stereocenters. The van der Waals surface area contributed by atoms with E-state index in [0.717, 1.165) is 18.4 Å². The van der Waals surface area contributed by atoms with Crippen molar-refractivity contribution in [3.63, 3.8) is 0 Å². The fourth-order valence-corrected chi connectivity index (χ4v) is 6.79. The van der Waals surface area contributed by atoms with Gasteiger partial charge in [0.05, 0.1) is 0 Å². The highest BCUT2D eigenvalue weighted by Gasteiger charge is 2.35. The highest BCUT2D eigenvalue weighted by atomic mass is 14.6. The van der Waals surface area contributed by atoms with Gasteiger partial charge in [0.15, 0.2) is 0 Å². The molecular formula is C41H35N. The Morgan fingerprint density at radius 1 is 0.524 bits per heavy atom. The van der Waals surface area contributed by atoms with Crippen LogP contribution in [0.25, 0.3) is 33.4 Å². The fraction of sp³-hybridized carbons (Fsp3) is 0.146. The molecule has 1 aromatic heterocycles. The Kier molecular flexibility index (Phi) is 6.59. The maximum atomic E-state index is 4.32. The van der Waals surface area contributed by atoms with Gasteiger partial charge in [-0.15, -0.1) is 0 Å². The summed E-state index contributed by atoms with van der Waals surface area (Å²) >= 11 is 0. The second-order valence-electron chi connectivity index (χ2n) is 12.2. The summed E-state index contributed by atoms with van der Waals surface area (Å²) in [6.07, 6.45) is 5.57. The maximum absolute atomic E-state index is 4.32. The van der Waals surface area contributed by atoms with Crippen molar-refractivity contribution < 1.29 is 0 Å². The third-order valence-corrected chi connectivity index (χ3v) is 8.84. The van der Waals surface area contributed by atoms with E-state index < -0.39 is 0 Å². The first-order chi connectivity index (χ1) is 20.5. The summed E-state index contributed by atoms with van der Waals surface area (Å²) in [5.41, 5.74) is 17.2. The molecule has 5 aromatic carbocycles. The van der Waals surface area contributed by atoms with E-state index in [4.69, 9.17) is 0 Å². The van der Waals surface area contributed by atoms with Crippen LogP contribution in [0, 0.1) is 6.92 Å². The van der Waals surface area contributed by atoms with Crippen LogP contribution in [0.4, 0.5) is 0 Å². The Hall–Kier alpha value is -4.75. The predicted molar refractivity (Wildman–Crippen MR) is 176 cm³/mol. The lowest BCUT2D eigenvalue weighted by atomic mass is 9.81. The standard InChI is InChI=1S/C41H35N/c1-28-20-31(25-35(21-28)34-13-9-19-42-27-34)22-29-10-8-12-33(23-29)36-14-5-4-11-32(36)24-30-17-18-38-37-15-6-7-16-39(37)41(2,3)40(38)26-30/h4-21,23,25-27H,22,24H2,1-3H3. The molecule has 1 aliphatic carbocycles. The minimum Gasteiger partial charge on any atom is -0.264 e. The van der Waals surface area contributed by atoms with E-state index >= 15 is 0 Å². The summed E-state index contributed by atoms with van der Waals surface area (Å²) in [5.74, 6) is 0. The van der Waals surface area contributed by atoms with Gasteiger partial charge in [0.25, 0.3) is 0 Å². The zero-order valence-corrected chi connectivity index (χ0v) is 24.6. The fourth-order valence-electron chi connectivity index (χ4n) is 6.79. The molecule has 0 saturated carbocycles. The van der Waals surface area contributed by atoms with Gasteiger partial charge >= 0.3 is 0 Å². The normalized spacial score (nSPS) is 13.0. The van der Waals surface area contributed by atoms with Crippen molar-refractivity contribution in [3.05, 3.63) is 173 Å². The van der Waals surface area contributed by atoms with Gasteiger partial charge in [-0.2, -0.15) is 0 Å². The minimum absolute atomic E-state index is 0.0163. The van der Waals surface area contributed by atoms with Gasteiger partial charge in [-0.25, -0.2) is 0 Å². The highest BCUT2D eigenvalue weighted by molar-refractivity contribution is 5.81. The average molecular weight is 542 g/mol. The van der Waals surface area contributed by atoms with E-state index in [1.54, 1.807) is 0 Å². The lowest BCUT2D eigenvalue weighted by Crippen LogP contribution is -2.15. The number of aromatic nitrogens is 1. The summed E-state index contributed by atoms with van der Waals surface area (Å²) in [6, 6.07) is 44.9. The molecule has 0 spiro atoms. The summed E-state index contributed by atoms with van der Waals surface area (Å²) in [4.78, 5) is 4.32. The molecule has 0 amide bonds. The van der Waals surface area contributed by atoms with Gasteiger partial charge in [0, 0.05) is 23.4 Å². The molecule has 0 saturated heterocycles. The first kappa shape index (κ1) is 26.2. The molecule has 1 nitrogen and oxygen atoms in total. The molecule has 1 aliphatic rings. The first-order valence-electron chi connectivity index (χ1n) is 14.9. The SMILES string of the molecule is Cc1cc(Cc2cccc(-c3ccccc3Cc3ccc4c(c3)C(C)(C)c3ccccc3-4)c2)cc(-c2cccnc2)c1. The lowest BCUT2D eigenvalue weighted by molar-refractivity contribution is 0.659.